The number of amides is 1. The van der Waals surface area contributed by atoms with Crippen molar-refractivity contribution < 1.29 is 4.79 Å². The fourth-order valence-electron chi connectivity index (χ4n) is 3.00. The van der Waals surface area contributed by atoms with Gasteiger partial charge in [0.1, 0.15) is 0 Å². The van der Waals surface area contributed by atoms with Crippen molar-refractivity contribution in [3.8, 4) is 0 Å². The molecule has 20 heavy (non-hydrogen) atoms. The maximum atomic E-state index is 12.7. The molecule has 2 rings (SSSR count). The van der Waals surface area contributed by atoms with E-state index in [-0.39, 0.29) is 5.91 Å². The van der Waals surface area contributed by atoms with Crippen LogP contribution >= 0.6 is 15.9 Å². The molecule has 0 saturated carbocycles. The van der Waals surface area contributed by atoms with Gasteiger partial charge in [-0.25, -0.2) is 0 Å². The van der Waals surface area contributed by atoms with Gasteiger partial charge in [0, 0.05) is 23.1 Å². The second-order valence-electron chi connectivity index (χ2n) is 6.14. The molecule has 1 amide bonds. The number of likely N-dealkylation sites (tertiary alicyclic amines) is 1. The molecule has 1 aliphatic rings. The van der Waals surface area contributed by atoms with Gasteiger partial charge in [0.05, 0.1) is 0 Å². The monoisotopic (exact) mass is 337 g/mol. The highest BCUT2D eigenvalue weighted by Crippen LogP contribution is 2.26. The molecule has 2 nitrogen and oxygen atoms in total. The smallest absolute Gasteiger partial charge is 0.254 e. The lowest BCUT2D eigenvalue weighted by Gasteiger charge is -2.22. The molecule has 0 aromatic heterocycles. The Morgan fingerprint density at radius 3 is 2.75 bits per heavy atom. The van der Waals surface area contributed by atoms with E-state index in [0.29, 0.717) is 0 Å². The van der Waals surface area contributed by atoms with Crippen LogP contribution in [-0.2, 0) is 0 Å². The van der Waals surface area contributed by atoms with Gasteiger partial charge in [-0.05, 0) is 55.7 Å². The summed E-state index contributed by atoms with van der Waals surface area (Å²) in [6.45, 7) is 8.38. The minimum Gasteiger partial charge on any atom is -0.339 e. The zero-order valence-electron chi connectivity index (χ0n) is 12.7. The first kappa shape index (κ1) is 15.6. The Hall–Kier alpha value is -0.830. The third-order valence-corrected chi connectivity index (χ3v) is 5.36. The fraction of sp³-hybridized carbons (Fsp3) is 0.588. The van der Waals surface area contributed by atoms with Gasteiger partial charge in [-0.1, -0.05) is 35.8 Å². The highest BCUT2D eigenvalue weighted by atomic mass is 79.9. The van der Waals surface area contributed by atoms with Crippen LogP contribution in [0.2, 0.25) is 0 Å². The van der Waals surface area contributed by atoms with Gasteiger partial charge in [-0.2, -0.15) is 0 Å². The van der Waals surface area contributed by atoms with Gasteiger partial charge < -0.3 is 4.90 Å². The fourth-order valence-corrected chi connectivity index (χ4v) is 3.37. The van der Waals surface area contributed by atoms with E-state index in [1.165, 1.54) is 6.42 Å². The molecule has 110 valence electrons. The van der Waals surface area contributed by atoms with E-state index < -0.39 is 0 Å². The van der Waals surface area contributed by atoms with Crippen LogP contribution < -0.4 is 0 Å². The normalized spacial score (nSPS) is 20.1. The van der Waals surface area contributed by atoms with Crippen LogP contribution in [0.25, 0.3) is 0 Å². The molecule has 1 saturated heterocycles. The number of nitrogens with zero attached hydrogens (tertiary/aromatic N) is 1. The van der Waals surface area contributed by atoms with Crippen LogP contribution in [-0.4, -0.2) is 23.9 Å². The number of halogens is 1. The molecular formula is C17H24BrNO. The van der Waals surface area contributed by atoms with Crippen molar-refractivity contribution in [1.29, 1.82) is 0 Å². The number of rotatable bonds is 2. The van der Waals surface area contributed by atoms with Crippen molar-refractivity contribution >= 4 is 21.8 Å². The topological polar surface area (TPSA) is 20.3 Å². The molecule has 1 fully saturated rings. The molecule has 0 radical (unpaired) electrons. The first-order valence-corrected chi connectivity index (χ1v) is 8.34. The van der Waals surface area contributed by atoms with Gasteiger partial charge in [-0.3, -0.25) is 4.79 Å². The first-order chi connectivity index (χ1) is 9.50. The molecule has 1 aromatic rings. The van der Waals surface area contributed by atoms with Crippen LogP contribution in [0.15, 0.2) is 22.7 Å². The summed E-state index contributed by atoms with van der Waals surface area (Å²) >= 11 is 3.51. The van der Waals surface area contributed by atoms with E-state index in [0.717, 1.165) is 53.4 Å². The number of carbonyl (C=O) groups is 1. The molecule has 0 aliphatic carbocycles. The molecule has 0 bridgehead atoms. The van der Waals surface area contributed by atoms with Gasteiger partial charge >= 0.3 is 0 Å². The Morgan fingerprint density at radius 1 is 1.30 bits per heavy atom. The minimum absolute atomic E-state index is 0.188. The minimum atomic E-state index is 0.188. The molecule has 1 atom stereocenters. The van der Waals surface area contributed by atoms with Crippen molar-refractivity contribution in [3.05, 3.63) is 33.8 Å². The molecule has 1 heterocycles. The molecule has 1 aromatic carbocycles. The van der Waals surface area contributed by atoms with Gasteiger partial charge in [0.25, 0.3) is 5.91 Å². The third-order valence-electron chi connectivity index (χ3n) is 4.50. The average molecular weight is 338 g/mol. The second kappa shape index (κ2) is 6.75. The van der Waals surface area contributed by atoms with Crippen molar-refractivity contribution in [2.24, 2.45) is 11.8 Å². The van der Waals surface area contributed by atoms with E-state index in [4.69, 9.17) is 0 Å². The quantitative estimate of drug-likeness (QED) is 0.768. The summed E-state index contributed by atoms with van der Waals surface area (Å²) in [6, 6.07) is 5.87. The second-order valence-corrected chi connectivity index (χ2v) is 6.99. The van der Waals surface area contributed by atoms with Crippen molar-refractivity contribution in [3.63, 3.8) is 0 Å². The van der Waals surface area contributed by atoms with Crippen molar-refractivity contribution in [2.45, 2.75) is 40.0 Å². The van der Waals surface area contributed by atoms with E-state index in [9.17, 15) is 4.79 Å². The SMILES string of the molecule is Cc1c(Br)cccc1C(=O)N1CCCC(C(C)C)CC1. The standard InChI is InChI=1S/C17H24BrNO/c1-12(2)14-6-5-10-19(11-9-14)17(20)15-7-4-8-16(18)13(15)3/h4,7-8,12,14H,5-6,9-11H2,1-3H3. The lowest BCUT2D eigenvalue weighted by Crippen LogP contribution is -2.32. The molecule has 0 N–H and O–H groups in total. The summed E-state index contributed by atoms with van der Waals surface area (Å²) in [7, 11) is 0. The van der Waals surface area contributed by atoms with Gasteiger partial charge in [-0.15, -0.1) is 0 Å². The average Bonchev–Trinajstić information content (AvgIpc) is 2.67. The van der Waals surface area contributed by atoms with Gasteiger partial charge in [0.2, 0.25) is 0 Å². The molecule has 0 spiro atoms. The summed E-state index contributed by atoms with van der Waals surface area (Å²) in [5, 5.41) is 0. The summed E-state index contributed by atoms with van der Waals surface area (Å²) in [5.74, 6) is 1.67. The summed E-state index contributed by atoms with van der Waals surface area (Å²) in [5.41, 5.74) is 1.88. The van der Waals surface area contributed by atoms with Crippen LogP contribution in [0.3, 0.4) is 0 Å². The number of carbonyl (C=O) groups excluding carboxylic acids is 1. The number of hydrogen-bond acceptors (Lipinski definition) is 1. The van der Waals surface area contributed by atoms with Crippen LogP contribution in [0, 0.1) is 18.8 Å². The van der Waals surface area contributed by atoms with E-state index in [1.54, 1.807) is 0 Å². The predicted octanol–water partition coefficient (Wildman–Crippen LogP) is 4.66. The maximum absolute atomic E-state index is 12.7. The molecule has 1 unspecified atom stereocenters. The Labute approximate surface area is 130 Å². The van der Waals surface area contributed by atoms with Crippen LogP contribution in [0.5, 0.6) is 0 Å². The first-order valence-electron chi connectivity index (χ1n) is 7.55. The summed E-state index contributed by atoms with van der Waals surface area (Å²) < 4.78 is 1.01. The van der Waals surface area contributed by atoms with Gasteiger partial charge in [0.15, 0.2) is 0 Å². The third kappa shape index (κ3) is 3.43. The van der Waals surface area contributed by atoms with E-state index in [2.05, 4.69) is 29.8 Å². The van der Waals surface area contributed by atoms with E-state index in [1.807, 2.05) is 30.0 Å². The Morgan fingerprint density at radius 2 is 2.05 bits per heavy atom. The Balaban J connectivity index is 2.11. The molecule has 3 heteroatoms. The predicted molar refractivity (Wildman–Crippen MR) is 87.0 cm³/mol. The van der Waals surface area contributed by atoms with Crippen LogP contribution in [0.4, 0.5) is 0 Å². The Kier molecular flexibility index (Phi) is 5.25. The van der Waals surface area contributed by atoms with Crippen LogP contribution in [0.1, 0.15) is 49.0 Å². The largest absolute Gasteiger partial charge is 0.339 e. The number of benzene rings is 1. The maximum Gasteiger partial charge on any atom is 0.254 e. The molecule has 1 aliphatic heterocycles. The highest BCUT2D eigenvalue weighted by Gasteiger charge is 2.24. The van der Waals surface area contributed by atoms with Crippen molar-refractivity contribution in [1.82, 2.24) is 4.90 Å². The zero-order chi connectivity index (χ0) is 14.7. The lowest BCUT2D eigenvalue weighted by molar-refractivity contribution is 0.0758. The summed E-state index contributed by atoms with van der Waals surface area (Å²) in [6.07, 6.45) is 3.51. The summed E-state index contributed by atoms with van der Waals surface area (Å²) in [4.78, 5) is 14.7. The van der Waals surface area contributed by atoms with Crippen molar-refractivity contribution in [2.75, 3.05) is 13.1 Å². The molecular weight excluding hydrogens is 314 g/mol. The lowest BCUT2D eigenvalue weighted by atomic mass is 9.89. The Bertz CT molecular complexity index is 484. The highest BCUT2D eigenvalue weighted by molar-refractivity contribution is 9.10. The zero-order valence-corrected chi connectivity index (χ0v) is 14.2. The number of hydrogen-bond donors (Lipinski definition) is 0. The van der Waals surface area contributed by atoms with E-state index >= 15 is 0 Å².